The molecule has 0 amide bonds. The maximum Gasteiger partial charge on any atom is 1.00 e. The van der Waals surface area contributed by atoms with Crippen LogP contribution < -0.4 is 29.6 Å². The van der Waals surface area contributed by atoms with Crippen molar-refractivity contribution in [2.75, 3.05) is 0 Å². The van der Waals surface area contributed by atoms with Crippen LogP contribution in [0.4, 0.5) is 0 Å². The Kier molecular flexibility index (Phi) is 10.1. The maximum atomic E-state index is 10.3. The molecule has 0 saturated heterocycles. The molecular formula is C8H7NaO7S. The Balaban J connectivity index is 0. The Morgan fingerprint density at radius 1 is 1.00 bits per heavy atom. The first kappa shape index (κ1) is 18.6. The Bertz CT molecular complexity index is 366. The molecule has 0 aliphatic heterocycles. The molecule has 1 aromatic carbocycles. The van der Waals surface area contributed by atoms with Gasteiger partial charge in [0, 0.05) is 0 Å². The number of carboxylic acids is 2. The number of hydrogen-bond donors (Lipinski definition) is 3. The van der Waals surface area contributed by atoms with Crippen molar-refractivity contribution in [2.45, 2.75) is 0 Å². The molecule has 0 aliphatic rings. The van der Waals surface area contributed by atoms with Gasteiger partial charge in [-0.15, -0.1) is 0 Å². The van der Waals surface area contributed by atoms with Crippen LogP contribution in [0.15, 0.2) is 24.3 Å². The van der Waals surface area contributed by atoms with Gasteiger partial charge in [0.05, 0.1) is 22.5 Å². The predicted molar refractivity (Wildman–Crippen MR) is 51.9 cm³/mol. The first-order valence-corrected chi connectivity index (χ1v) is 4.72. The summed E-state index contributed by atoms with van der Waals surface area (Å²) in [5, 5.41) is 16.9. The molecule has 88 valence electrons. The third-order valence-electron chi connectivity index (χ3n) is 1.38. The SMILES string of the molecule is O=C(O)c1ccc(C(=O)O)cc1.O=S([O-])O.[Na+]. The van der Waals surface area contributed by atoms with E-state index in [1.807, 2.05) is 0 Å². The minimum absolute atomic E-state index is 0. The number of carboxylic acid groups (broad SMARTS) is 2. The molecule has 3 N–H and O–H groups in total. The maximum absolute atomic E-state index is 10.3. The van der Waals surface area contributed by atoms with Crippen LogP contribution in [-0.2, 0) is 11.4 Å². The Hall–Kier alpha value is -0.770. The second kappa shape index (κ2) is 9.28. The molecule has 1 aromatic rings. The average Bonchev–Trinajstić information content (AvgIpc) is 2.17. The Morgan fingerprint density at radius 2 is 1.18 bits per heavy atom. The summed E-state index contributed by atoms with van der Waals surface area (Å²) >= 11 is -2.86. The minimum Gasteiger partial charge on any atom is -0.750 e. The molecule has 0 aromatic heterocycles. The summed E-state index contributed by atoms with van der Waals surface area (Å²) in [6.07, 6.45) is 0. The summed E-state index contributed by atoms with van der Waals surface area (Å²) in [6.45, 7) is 0. The third kappa shape index (κ3) is 8.98. The smallest absolute Gasteiger partial charge is 0.750 e. The van der Waals surface area contributed by atoms with Gasteiger partial charge in [-0.2, -0.15) is 0 Å². The van der Waals surface area contributed by atoms with Gasteiger partial charge in [0.15, 0.2) is 0 Å². The van der Waals surface area contributed by atoms with E-state index in [1.54, 1.807) is 0 Å². The zero-order chi connectivity index (χ0) is 12.7. The molecule has 0 aliphatic carbocycles. The van der Waals surface area contributed by atoms with Crippen LogP contribution in [0.3, 0.4) is 0 Å². The van der Waals surface area contributed by atoms with Gasteiger partial charge in [0.2, 0.25) is 0 Å². The number of hydrogen-bond acceptors (Lipinski definition) is 4. The monoisotopic (exact) mass is 270 g/mol. The van der Waals surface area contributed by atoms with Gasteiger partial charge in [-0.1, -0.05) is 0 Å². The summed E-state index contributed by atoms with van der Waals surface area (Å²) < 4.78 is 24.1. The molecule has 0 bridgehead atoms. The number of benzene rings is 1. The molecule has 0 saturated carbocycles. The topological polar surface area (TPSA) is 135 Å². The summed E-state index contributed by atoms with van der Waals surface area (Å²) in [6, 6.07) is 5.02. The average molecular weight is 270 g/mol. The number of aromatic carboxylic acids is 2. The zero-order valence-electron chi connectivity index (χ0n) is 8.69. The third-order valence-corrected chi connectivity index (χ3v) is 1.38. The molecule has 0 heterocycles. The van der Waals surface area contributed by atoms with Gasteiger partial charge < -0.3 is 19.3 Å². The fourth-order valence-electron chi connectivity index (χ4n) is 0.755. The summed E-state index contributed by atoms with van der Waals surface area (Å²) in [5.41, 5.74) is 0.167. The van der Waals surface area contributed by atoms with E-state index in [1.165, 1.54) is 24.3 Å². The first-order valence-electron chi connectivity index (χ1n) is 3.69. The van der Waals surface area contributed by atoms with Crippen molar-refractivity contribution >= 4 is 23.3 Å². The molecule has 9 heteroatoms. The Labute approximate surface area is 121 Å². The molecule has 0 spiro atoms. The largest absolute Gasteiger partial charge is 1.00 e. The second-order valence-electron chi connectivity index (χ2n) is 2.40. The molecule has 1 atom stereocenters. The van der Waals surface area contributed by atoms with E-state index in [0.29, 0.717) is 0 Å². The summed E-state index contributed by atoms with van der Waals surface area (Å²) in [4.78, 5) is 20.7. The van der Waals surface area contributed by atoms with E-state index in [4.69, 9.17) is 23.5 Å². The quantitative estimate of drug-likeness (QED) is 0.397. The standard InChI is InChI=1S/C8H6O4.Na.H2O3S/c9-7(10)5-1-2-6(4-3-5)8(11)12;;1-4(2)3/h1-4H,(H,9,10)(H,11,12);;(H2,1,2,3)/q;+1;/p-1. The van der Waals surface area contributed by atoms with Crippen molar-refractivity contribution in [3.63, 3.8) is 0 Å². The summed E-state index contributed by atoms with van der Waals surface area (Å²) in [7, 11) is 0. The second-order valence-corrected chi connectivity index (χ2v) is 2.84. The van der Waals surface area contributed by atoms with Gasteiger partial charge in [0.1, 0.15) is 0 Å². The minimum atomic E-state index is -2.86. The van der Waals surface area contributed by atoms with Crippen LogP contribution in [0.5, 0.6) is 0 Å². The van der Waals surface area contributed by atoms with Crippen molar-refractivity contribution in [1.82, 2.24) is 0 Å². The van der Waals surface area contributed by atoms with Crippen LogP contribution in [0.1, 0.15) is 20.7 Å². The molecule has 1 unspecified atom stereocenters. The van der Waals surface area contributed by atoms with Crippen LogP contribution >= 0.6 is 0 Å². The molecule has 0 radical (unpaired) electrons. The van der Waals surface area contributed by atoms with Crippen LogP contribution in [0, 0.1) is 0 Å². The summed E-state index contributed by atoms with van der Waals surface area (Å²) in [5.74, 6) is -2.13. The van der Waals surface area contributed by atoms with Crippen molar-refractivity contribution in [2.24, 2.45) is 0 Å². The fourth-order valence-corrected chi connectivity index (χ4v) is 0.755. The number of carbonyl (C=O) groups is 2. The van der Waals surface area contributed by atoms with E-state index in [2.05, 4.69) is 0 Å². The molecular weight excluding hydrogens is 263 g/mol. The van der Waals surface area contributed by atoms with Crippen LogP contribution in [0.25, 0.3) is 0 Å². The van der Waals surface area contributed by atoms with E-state index in [-0.39, 0.29) is 40.7 Å². The molecule has 7 nitrogen and oxygen atoms in total. The van der Waals surface area contributed by atoms with Gasteiger partial charge in [-0.25, -0.2) is 13.8 Å². The van der Waals surface area contributed by atoms with Crippen LogP contribution in [0.2, 0.25) is 0 Å². The van der Waals surface area contributed by atoms with Gasteiger partial charge in [0.25, 0.3) is 0 Å². The van der Waals surface area contributed by atoms with Crippen molar-refractivity contribution < 1.29 is 62.7 Å². The van der Waals surface area contributed by atoms with Crippen LogP contribution in [-0.4, -0.2) is 35.5 Å². The zero-order valence-corrected chi connectivity index (χ0v) is 11.5. The molecule has 17 heavy (non-hydrogen) atoms. The van der Waals surface area contributed by atoms with Crippen molar-refractivity contribution in [3.8, 4) is 0 Å². The van der Waals surface area contributed by atoms with E-state index < -0.39 is 23.3 Å². The van der Waals surface area contributed by atoms with Gasteiger partial charge >= 0.3 is 41.5 Å². The van der Waals surface area contributed by atoms with E-state index >= 15 is 0 Å². The van der Waals surface area contributed by atoms with Crippen molar-refractivity contribution in [1.29, 1.82) is 0 Å². The predicted octanol–water partition coefficient (Wildman–Crippen LogP) is -2.57. The van der Waals surface area contributed by atoms with E-state index in [9.17, 15) is 9.59 Å². The Morgan fingerprint density at radius 3 is 1.29 bits per heavy atom. The molecule has 0 fully saturated rings. The van der Waals surface area contributed by atoms with Gasteiger partial charge in [-0.05, 0) is 24.3 Å². The van der Waals surface area contributed by atoms with Gasteiger partial charge in [-0.3, -0.25) is 0 Å². The number of rotatable bonds is 2. The fraction of sp³-hybridized carbons (Fsp3) is 0. The van der Waals surface area contributed by atoms with E-state index in [0.717, 1.165) is 0 Å². The molecule has 1 rings (SSSR count). The normalized spacial score (nSPS) is 10.2. The van der Waals surface area contributed by atoms with Crippen molar-refractivity contribution in [3.05, 3.63) is 35.4 Å². The first-order chi connectivity index (χ1) is 7.34.